The van der Waals surface area contributed by atoms with E-state index in [0.29, 0.717) is 18.1 Å². The topological polar surface area (TPSA) is 61.0 Å². The van der Waals surface area contributed by atoms with Gasteiger partial charge in [-0.05, 0) is 38.1 Å². The number of aromatic nitrogens is 3. The summed E-state index contributed by atoms with van der Waals surface area (Å²) in [6.45, 7) is 4.97. The molecular formula is C16H22N4O3. The molecule has 0 spiro atoms. The van der Waals surface area contributed by atoms with Crippen LogP contribution in [0.15, 0.2) is 29.2 Å². The molecule has 2 aromatic rings. The van der Waals surface area contributed by atoms with Crippen molar-refractivity contribution in [2.75, 3.05) is 32.8 Å². The Morgan fingerprint density at radius 1 is 1.13 bits per heavy atom. The lowest BCUT2D eigenvalue weighted by atomic mass is 9.96. The number of hydrogen-bond donors (Lipinski definition) is 0. The van der Waals surface area contributed by atoms with Crippen molar-refractivity contribution in [1.82, 2.24) is 19.1 Å². The average molecular weight is 318 g/mol. The van der Waals surface area contributed by atoms with E-state index < -0.39 is 0 Å². The van der Waals surface area contributed by atoms with Gasteiger partial charge in [0.15, 0.2) is 11.9 Å². The molecule has 0 unspecified atom stereocenters. The van der Waals surface area contributed by atoms with E-state index in [1.165, 1.54) is 0 Å². The van der Waals surface area contributed by atoms with Gasteiger partial charge in [0.2, 0.25) is 0 Å². The Bertz CT molecular complexity index is 711. The highest BCUT2D eigenvalue weighted by molar-refractivity contribution is 5.35. The lowest BCUT2D eigenvalue weighted by Crippen LogP contribution is -2.40. The lowest BCUT2D eigenvalue weighted by Gasteiger charge is -2.33. The minimum absolute atomic E-state index is 0.00166. The molecule has 0 atom stereocenters. The number of nitrogens with zero attached hydrogens (tertiary/aromatic N) is 4. The Kier molecular flexibility index (Phi) is 4.15. The van der Waals surface area contributed by atoms with Crippen molar-refractivity contribution in [2.45, 2.75) is 25.7 Å². The van der Waals surface area contributed by atoms with Crippen LogP contribution in [0, 0.1) is 5.92 Å². The van der Waals surface area contributed by atoms with Crippen LogP contribution < -0.4 is 5.69 Å². The first-order chi connectivity index (χ1) is 11.3. The molecule has 2 saturated heterocycles. The van der Waals surface area contributed by atoms with E-state index in [9.17, 15) is 4.79 Å². The Morgan fingerprint density at radius 3 is 2.65 bits per heavy atom. The van der Waals surface area contributed by atoms with E-state index in [2.05, 4.69) is 10.00 Å². The summed E-state index contributed by atoms with van der Waals surface area (Å²) >= 11 is 0. The highest BCUT2D eigenvalue weighted by atomic mass is 16.7. The maximum atomic E-state index is 12.2. The summed E-state index contributed by atoms with van der Waals surface area (Å²) in [7, 11) is 0. The maximum Gasteiger partial charge on any atom is 0.350 e. The maximum absolute atomic E-state index is 12.2. The number of piperidine rings is 1. The van der Waals surface area contributed by atoms with Crippen molar-refractivity contribution in [3.8, 4) is 0 Å². The fourth-order valence-electron chi connectivity index (χ4n) is 3.45. The summed E-state index contributed by atoms with van der Waals surface area (Å²) in [5.41, 5.74) is 0.634. The standard InChI is InChI=1S/C16H22N4O3/c21-16-19-6-2-1-3-14(19)17-20(16)10-9-18-7-4-13(5-8-18)15-22-11-12-23-15/h1-3,6,13,15H,4-5,7-12H2. The molecular weight excluding hydrogens is 296 g/mol. The van der Waals surface area contributed by atoms with Crippen LogP contribution in [0.1, 0.15) is 12.8 Å². The first-order valence-corrected chi connectivity index (χ1v) is 8.31. The summed E-state index contributed by atoms with van der Waals surface area (Å²) in [6.07, 6.45) is 3.93. The molecule has 4 rings (SSSR count). The molecule has 124 valence electrons. The number of pyridine rings is 1. The van der Waals surface area contributed by atoms with E-state index in [-0.39, 0.29) is 12.0 Å². The van der Waals surface area contributed by atoms with Crippen molar-refractivity contribution >= 4 is 5.65 Å². The fraction of sp³-hybridized carbons (Fsp3) is 0.625. The van der Waals surface area contributed by atoms with Crippen molar-refractivity contribution in [3.63, 3.8) is 0 Å². The van der Waals surface area contributed by atoms with Gasteiger partial charge in [0, 0.05) is 18.7 Å². The Labute approximate surface area is 134 Å². The van der Waals surface area contributed by atoms with Gasteiger partial charge in [0.05, 0.1) is 19.8 Å². The smallest absolute Gasteiger partial charge is 0.350 e. The van der Waals surface area contributed by atoms with Crippen molar-refractivity contribution in [3.05, 3.63) is 34.9 Å². The molecule has 2 aliphatic heterocycles. The summed E-state index contributed by atoms with van der Waals surface area (Å²) in [4.78, 5) is 14.6. The SMILES string of the molecule is O=c1n(CCN2CCC(C3OCCO3)CC2)nc2ccccn12. The predicted molar refractivity (Wildman–Crippen MR) is 84.3 cm³/mol. The predicted octanol–water partition coefficient (Wildman–Crippen LogP) is 0.581. The number of fused-ring (bicyclic) bond motifs is 1. The molecule has 0 aromatic carbocycles. The normalized spacial score (nSPS) is 21.4. The largest absolute Gasteiger partial charge is 0.350 e. The molecule has 4 heterocycles. The minimum Gasteiger partial charge on any atom is -0.350 e. The van der Waals surface area contributed by atoms with Crippen LogP contribution >= 0.6 is 0 Å². The number of rotatable bonds is 4. The molecule has 0 N–H and O–H groups in total. The van der Waals surface area contributed by atoms with Crippen molar-refractivity contribution < 1.29 is 9.47 Å². The average Bonchev–Trinajstić information content (AvgIpc) is 3.23. The van der Waals surface area contributed by atoms with Crippen LogP contribution in [0.2, 0.25) is 0 Å². The Hall–Kier alpha value is -1.70. The van der Waals surface area contributed by atoms with Gasteiger partial charge in [-0.25, -0.2) is 9.48 Å². The number of ether oxygens (including phenoxy) is 2. The van der Waals surface area contributed by atoms with Gasteiger partial charge < -0.3 is 14.4 Å². The van der Waals surface area contributed by atoms with Crippen LogP contribution in [0.4, 0.5) is 0 Å². The zero-order chi connectivity index (χ0) is 15.6. The zero-order valence-electron chi connectivity index (χ0n) is 13.1. The number of likely N-dealkylation sites (tertiary alicyclic amines) is 1. The monoisotopic (exact) mass is 318 g/mol. The molecule has 0 saturated carbocycles. The van der Waals surface area contributed by atoms with E-state index in [1.54, 1.807) is 15.3 Å². The molecule has 0 aliphatic carbocycles. The van der Waals surface area contributed by atoms with E-state index in [4.69, 9.17) is 9.47 Å². The van der Waals surface area contributed by atoms with Crippen LogP contribution in [0.5, 0.6) is 0 Å². The van der Waals surface area contributed by atoms with E-state index in [0.717, 1.165) is 45.7 Å². The molecule has 7 heteroatoms. The Balaban J connectivity index is 1.33. The molecule has 2 aromatic heterocycles. The van der Waals surface area contributed by atoms with Crippen LogP contribution in [0.25, 0.3) is 5.65 Å². The third-order valence-electron chi connectivity index (χ3n) is 4.78. The summed E-state index contributed by atoms with van der Waals surface area (Å²) in [5.74, 6) is 0.506. The quantitative estimate of drug-likeness (QED) is 0.825. The van der Waals surface area contributed by atoms with E-state index >= 15 is 0 Å². The summed E-state index contributed by atoms with van der Waals surface area (Å²) < 4.78 is 14.4. The number of hydrogen-bond acceptors (Lipinski definition) is 5. The second kappa shape index (κ2) is 6.43. The zero-order valence-corrected chi connectivity index (χ0v) is 13.1. The molecule has 2 aliphatic rings. The van der Waals surface area contributed by atoms with Gasteiger partial charge in [-0.2, -0.15) is 0 Å². The fourth-order valence-corrected chi connectivity index (χ4v) is 3.45. The first-order valence-electron chi connectivity index (χ1n) is 8.31. The third kappa shape index (κ3) is 3.04. The molecule has 23 heavy (non-hydrogen) atoms. The van der Waals surface area contributed by atoms with Crippen molar-refractivity contribution in [2.24, 2.45) is 5.92 Å². The second-order valence-electron chi connectivity index (χ2n) is 6.22. The minimum atomic E-state index is -0.0664. The third-order valence-corrected chi connectivity index (χ3v) is 4.78. The molecule has 7 nitrogen and oxygen atoms in total. The highest BCUT2D eigenvalue weighted by Crippen LogP contribution is 2.25. The summed E-state index contributed by atoms with van der Waals surface area (Å²) in [5, 5.41) is 4.38. The van der Waals surface area contributed by atoms with Crippen LogP contribution in [-0.4, -0.2) is 58.2 Å². The molecule has 2 fully saturated rings. The highest BCUT2D eigenvalue weighted by Gasteiger charge is 2.30. The van der Waals surface area contributed by atoms with E-state index in [1.807, 2.05) is 18.2 Å². The van der Waals surface area contributed by atoms with Crippen LogP contribution in [0.3, 0.4) is 0 Å². The molecule has 0 radical (unpaired) electrons. The van der Waals surface area contributed by atoms with Gasteiger partial charge in [-0.1, -0.05) is 6.07 Å². The second-order valence-corrected chi connectivity index (χ2v) is 6.22. The first kappa shape index (κ1) is 14.9. The van der Waals surface area contributed by atoms with Crippen molar-refractivity contribution in [1.29, 1.82) is 0 Å². The van der Waals surface area contributed by atoms with Gasteiger partial charge in [0.1, 0.15) is 0 Å². The van der Waals surface area contributed by atoms with Gasteiger partial charge in [-0.15, -0.1) is 5.10 Å². The molecule has 0 bridgehead atoms. The van der Waals surface area contributed by atoms with Gasteiger partial charge >= 0.3 is 5.69 Å². The van der Waals surface area contributed by atoms with Gasteiger partial charge in [-0.3, -0.25) is 4.40 Å². The van der Waals surface area contributed by atoms with Crippen LogP contribution in [-0.2, 0) is 16.0 Å². The lowest BCUT2D eigenvalue weighted by molar-refractivity contribution is -0.0974. The van der Waals surface area contributed by atoms with Gasteiger partial charge in [0.25, 0.3) is 0 Å². The summed E-state index contributed by atoms with van der Waals surface area (Å²) in [6, 6.07) is 5.59. The molecule has 0 amide bonds. The Morgan fingerprint density at radius 2 is 1.91 bits per heavy atom.